The Balaban J connectivity index is 1.32. The molecule has 3 aliphatic heterocycles. The van der Waals surface area contributed by atoms with E-state index >= 15 is 0 Å². The summed E-state index contributed by atoms with van der Waals surface area (Å²) in [6.45, 7) is 2.10. The molecule has 2 saturated heterocycles. The third-order valence-electron chi connectivity index (χ3n) is 9.02. The Hall–Kier alpha value is -2.58. The Kier molecular flexibility index (Phi) is 7.60. The van der Waals surface area contributed by atoms with E-state index in [1.54, 1.807) is 42.2 Å². The molecule has 0 aromatic heterocycles. The van der Waals surface area contributed by atoms with E-state index in [1.165, 1.54) is 0 Å². The van der Waals surface area contributed by atoms with E-state index in [4.69, 9.17) is 39.5 Å². The van der Waals surface area contributed by atoms with Gasteiger partial charge in [0, 0.05) is 23.3 Å². The van der Waals surface area contributed by atoms with E-state index in [-0.39, 0.29) is 23.8 Å². The average Bonchev–Trinajstić information content (AvgIpc) is 3.51. The summed E-state index contributed by atoms with van der Waals surface area (Å²) in [5.74, 6) is -2.57. The van der Waals surface area contributed by atoms with Crippen LogP contribution in [0.2, 0.25) is 15.1 Å². The number of ether oxygens (including phenoxy) is 1. The molecule has 4 aliphatic rings. The van der Waals surface area contributed by atoms with Gasteiger partial charge in [0.1, 0.15) is 11.6 Å². The van der Waals surface area contributed by atoms with Gasteiger partial charge < -0.3 is 20.3 Å². The Morgan fingerprint density at radius 3 is 2.41 bits per heavy atom. The zero-order chi connectivity index (χ0) is 28.9. The van der Waals surface area contributed by atoms with Crippen LogP contribution in [0.4, 0.5) is 5.69 Å². The lowest BCUT2D eigenvalue weighted by molar-refractivity contribution is -0.144. The van der Waals surface area contributed by atoms with E-state index in [1.807, 2.05) is 24.3 Å². The summed E-state index contributed by atoms with van der Waals surface area (Å²) in [5.41, 5.74) is -0.841. The van der Waals surface area contributed by atoms with Gasteiger partial charge in [-0.3, -0.25) is 14.4 Å². The number of benzene rings is 2. The maximum Gasteiger partial charge on any atom is 0.246 e. The van der Waals surface area contributed by atoms with Crippen LogP contribution in [0.25, 0.3) is 0 Å². The number of hydrogen-bond acceptors (Lipinski definition) is 4. The predicted octanol–water partition coefficient (Wildman–Crippen LogP) is 5.82. The van der Waals surface area contributed by atoms with Crippen LogP contribution in [-0.4, -0.2) is 52.5 Å². The van der Waals surface area contributed by atoms with Gasteiger partial charge in [-0.1, -0.05) is 78.4 Å². The van der Waals surface area contributed by atoms with Crippen LogP contribution in [-0.2, 0) is 25.5 Å². The minimum absolute atomic E-state index is 0.0619. The molecule has 10 heteroatoms. The van der Waals surface area contributed by atoms with Crippen molar-refractivity contribution in [1.82, 2.24) is 10.2 Å². The summed E-state index contributed by atoms with van der Waals surface area (Å²) < 4.78 is 6.62. The number of fused-ring (bicyclic) bond motifs is 1. The van der Waals surface area contributed by atoms with Crippen molar-refractivity contribution in [1.29, 1.82) is 0 Å². The van der Waals surface area contributed by atoms with Crippen molar-refractivity contribution in [3.8, 4) is 0 Å². The molecule has 1 aliphatic carbocycles. The molecule has 7 nitrogen and oxygen atoms in total. The van der Waals surface area contributed by atoms with Gasteiger partial charge >= 0.3 is 0 Å². The molecule has 1 saturated carbocycles. The maximum absolute atomic E-state index is 14.3. The average molecular weight is 617 g/mol. The quantitative estimate of drug-likeness (QED) is 0.384. The van der Waals surface area contributed by atoms with Crippen LogP contribution in [0, 0.1) is 11.8 Å². The zero-order valence-electron chi connectivity index (χ0n) is 22.7. The molecule has 5 atom stereocenters. The minimum Gasteiger partial charge on any atom is -0.356 e. The fourth-order valence-electron chi connectivity index (χ4n) is 7.09. The van der Waals surface area contributed by atoms with Gasteiger partial charge in [-0.2, -0.15) is 0 Å². The fourth-order valence-corrected chi connectivity index (χ4v) is 7.52. The Morgan fingerprint density at radius 1 is 0.976 bits per heavy atom. The molecule has 41 heavy (non-hydrogen) atoms. The number of rotatable bonds is 7. The number of hydrogen-bond donors (Lipinski definition) is 2. The van der Waals surface area contributed by atoms with Crippen molar-refractivity contribution in [2.75, 3.05) is 11.9 Å². The standard InChI is InChI=1S/C31H32Cl3N3O4/c1-30-14-15-31(41-30)25(24(30)27(38)36-21-11-12-22(33)23(34)17-21)29(40)37(16-13-18-7-9-19(32)10-8-18)26(31)28(39)35-20-5-3-2-4-6-20/h7-12,14-15,17,20,24-26H,2-6,13,16H2,1H3,(H,35,39)(H,36,38)/t24-,25+,26-,30+,31+/m1/s1. The summed E-state index contributed by atoms with van der Waals surface area (Å²) in [6.07, 6.45) is 9.31. The number of nitrogens with zero attached hydrogens (tertiary/aromatic N) is 1. The highest BCUT2D eigenvalue weighted by atomic mass is 35.5. The third kappa shape index (κ3) is 5.05. The number of nitrogens with one attached hydrogen (secondary N) is 2. The first-order valence-corrected chi connectivity index (χ1v) is 15.3. The van der Waals surface area contributed by atoms with E-state index in [0.29, 0.717) is 33.7 Å². The number of anilines is 1. The molecular formula is C31H32Cl3N3O4. The molecule has 216 valence electrons. The Labute approximate surface area is 254 Å². The second-order valence-electron chi connectivity index (χ2n) is 11.7. The molecule has 3 amide bonds. The SMILES string of the molecule is C[C@@]12C=C[C@]3(O1)[C@H](C(=O)N(CCc1ccc(Cl)cc1)[C@@H]3C(=O)NC1CCCCC1)[C@@H]2C(=O)Nc1ccc(Cl)c(Cl)c1. The topological polar surface area (TPSA) is 87.7 Å². The predicted molar refractivity (Wildman–Crippen MR) is 159 cm³/mol. The zero-order valence-corrected chi connectivity index (χ0v) is 24.9. The number of likely N-dealkylation sites (tertiary alicyclic amines) is 1. The van der Waals surface area contributed by atoms with E-state index in [9.17, 15) is 14.4 Å². The second kappa shape index (κ2) is 10.9. The summed E-state index contributed by atoms with van der Waals surface area (Å²) >= 11 is 18.3. The molecule has 1 spiro atoms. The van der Waals surface area contributed by atoms with Gasteiger partial charge in [0.05, 0.1) is 27.5 Å². The highest BCUT2D eigenvalue weighted by Gasteiger charge is 2.76. The van der Waals surface area contributed by atoms with Crippen LogP contribution in [0.1, 0.15) is 44.6 Å². The molecule has 2 aromatic carbocycles. The minimum atomic E-state index is -1.25. The number of carbonyl (C=O) groups is 3. The molecule has 3 fully saturated rings. The second-order valence-corrected chi connectivity index (χ2v) is 13.0. The summed E-state index contributed by atoms with van der Waals surface area (Å²) in [6, 6.07) is 11.4. The Bertz CT molecular complexity index is 1410. The first kappa shape index (κ1) is 28.5. The van der Waals surface area contributed by atoms with Crippen LogP contribution in [0.15, 0.2) is 54.6 Å². The first-order valence-electron chi connectivity index (χ1n) is 14.1. The smallest absolute Gasteiger partial charge is 0.246 e. The fraction of sp³-hybridized carbons (Fsp3) is 0.452. The van der Waals surface area contributed by atoms with Crippen LogP contribution >= 0.6 is 34.8 Å². The molecule has 2 aromatic rings. The normalized spacial score (nSPS) is 30.5. The van der Waals surface area contributed by atoms with Gasteiger partial charge in [0.25, 0.3) is 0 Å². The van der Waals surface area contributed by atoms with Crippen molar-refractivity contribution >= 4 is 58.2 Å². The van der Waals surface area contributed by atoms with Crippen molar-refractivity contribution in [3.63, 3.8) is 0 Å². The monoisotopic (exact) mass is 615 g/mol. The molecule has 2 N–H and O–H groups in total. The van der Waals surface area contributed by atoms with Crippen LogP contribution < -0.4 is 10.6 Å². The largest absolute Gasteiger partial charge is 0.356 e. The van der Waals surface area contributed by atoms with Gasteiger partial charge in [-0.05, 0) is 62.1 Å². The first-order chi connectivity index (χ1) is 19.6. The maximum atomic E-state index is 14.3. The molecular weight excluding hydrogens is 585 g/mol. The van der Waals surface area contributed by atoms with Crippen molar-refractivity contribution in [3.05, 3.63) is 75.2 Å². The van der Waals surface area contributed by atoms with Crippen molar-refractivity contribution < 1.29 is 19.1 Å². The molecule has 3 heterocycles. The van der Waals surface area contributed by atoms with Crippen molar-refractivity contribution in [2.24, 2.45) is 11.8 Å². The van der Waals surface area contributed by atoms with Gasteiger partial charge in [-0.25, -0.2) is 0 Å². The van der Waals surface area contributed by atoms with E-state index in [2.05, 4.69) is 10.6 Å². The lowest BCUT2D eigenvalue weighted by atomic mass is 9.70. The Morgan fingerprint density at radius 2 is 1.71 bits per heavy atom. The van der Waals surface area contributed by atoms with Crippen molar-refractivity contribution in [2.45, 2.75) is 68.7 Å². The lowest BCUT2D eigenvalue weighted by Gasteiger charge is -2.34. The van der Waals surface area contributed by atoms with Gasteiger partial charge in [0.15, 0.2) is 0 Å². The van der Waals surface area contributed by atoms with Crippen LogP contribution in [0.5, 0.6) is 0 Å². The molecule has 6 rings (SSSR count). The third-order valence-corrected chi connectivity index (χ3v) is 10.0. The van der Waals surface area contributed by atoms with Crippen LogP contribution in [0.3, 0.4) is 0 Å². The van der Waals surface area contributed by atoms with E-state index < -0.39 is 29.1 Å². The highest BCUT2D eigenvalue weighted by Crippen LogP contribution is 2.59. The molecule has 2 bridgehead atoms. The van der Waals surface area contributed by atoms with E-state index in [0.717, 1.165) is 37.7 Å². The van der Waals surface area contributed by atoms with Gasteiger partial charge in [0.2, 0.25) is 17.7 Å². The number of carbonyl (C=O) groups excluding carboxylic acids is 3. The molecule has 0 unspecified atom stereocenters. The highest BCUT2D eigenvalue weighted by molar-refractivity contribution is 6.42. The number of halogens is 3. The lowest BCUT2D eigenvalue weighted by Crippen LogP contribution is -2.57. The summed E-state index contributed by atoms with van der Waals surface area (Å²) in [7, 11) is 0. The molecule has 0 radical (unpaired) electrons. The number of amides is 3. The summed E-state index contributed by atoms with van der Waals surface area (Å²) in [4.78, 5) is 43.7. The van der Waals surface area contributed by atoms with Gasteiger partial charge in [-0.15, -0.1) is 0 Å². The summed E-state index contributed by atoms with van der Waals surface area (Å²) in [5, 5.41) is 7.43.